The molecule has 0 aromatic heterocycles. The highest BCUT2D eigenvalue weighted by Gasteiger charge is 2.12. The summed E-state index contributed by atoms with van der Waals surface area (Å²) in [6.45, 7) is 1.68. The molecule has 0 radical (unpaired) electrons. The van der Waals surface area contributed by atoms with Crippen molar-refractivity contribution >= 4 is 15.9 Å². The lowest BCUT2D eigenvalue weighted by molar-refractivity contribution is 0.420. The van der Waals surface area contributed by atoms with Crippen molar-refractivity contribution in [3.05, 3.63) is 28.0 Å². The lowest BCUT2D eigenvalue weighted by Gasteiger charge is -2.09. The Morgan fingerprint density at radius 1 is 1.58 bits per heavy atom. The van der Waals surface area contributed by atoms with Crippen LogP contribution in [0.1, 0.15) is 18.5 Å². The SMILES string of the molecule is CC(N)c1ccc(Br)c(F)c1O. The first-order valence-electron chi connectivity index (χ1n) is 3.46. The van der Waals surface area contributed by atoms with Gasteiger partial charge in [-0.15, -0.1) is 0 Å². The number of phenols is 1. The van der Waals surface area contributed by atoms with Crippen molar-refractivity contribution in [3.63, 3.8) is 0 Å². The number of phenolic OH excluding ortho intramolecular Hbond substituents is 1. The van der Waals surface area contributed by atoms with Crippen molar-refractivity contribution in [3.8, 4) is 5.75 Å². The maximum Gasteiger partial charge on any atom is 0.179 e. The average molecular weight is 234 g/mol. The normalized spacial score (nSPS) is 13.0. The summed E-state index contributed by atoms with van der Waals surface area (Å²) in [5, 5.41) is 9.26. The lowest BCUT2D eigenvalue weighted by Crippen LogP contribution is -2.05. The van der Waals surface area contributed by atoms with Crippen molar-refractivity contribution in [2.24, 2.45) is 5.73 Å². The maximum atomic E-state index is 13.0. The van der Waals surface area contributed by atoms with Gasteiger partial charge in [-0.3, -0.25) is 0 Å². The van der Waals surface area contributed by atoms with E-state index in [9.17, 15) is 9.50 Å². The fourth-order valence-electron chi connectivity index (χ4n) is 0.922. The molecule has 0 saturated heterocycles. The Labute approximate surface area is 78.3 Å². The number of hydrogen-bond acceptors (Lipinski definition) is 2. The molecule has 12 heavy (non-hydrogen) atoms. The number of halogens is 2. The second kappa shape index (κ2) is 3.41. The molecule has 1 rings (SSSR count). The smallest absolute Gasteiger partial charge is 0.179 e. The predicted octanol–water partition coefficient (Wildman–Crippen LogP) is 2.31. The van der Waals surface area contributed by atoms with E-state index in [2.05, 4.69) is 15.9 Å². The standard InChI is InChI=1S/C8H9BrFNO/c1-4(11)5-2-3-6(9)7(10)8(5)12/h2-4,12H,11H2,1H3. The maximum absolute atomic E-state index is 13.0. The second-order valence-corrected chi connectivity index (χ2v) is 3.44. The largest absolute Gasteiger partial charge is 0.505 e. The van der Waals surface area contributed by atoms with Crippen molar-refractivity contribution in [1.29, 1.82) is 0 Å². The Morgan fingerprint density at radius 2 is 2.17 bits per heavy atom. The Balaban J connectivity index is 3.27. The third-order valence-corrected chi connectivity index (χ3v) is 2.20. The van der Waals surface area contributed by atoms with Crippen LogP contribution >= 0.6 is 15.9 Å². The van der Waals surface area contributed by atoms with E-state index in [0.29, 0.717) is 5.56 Å². The Bertz CT molecular complexity index is 301. The van der Waals surface area contributed by atoms with E-state index in [0.717, 1.165) is 0 Å². The molecule has 1 atom stereocenters. The molecule has 0 heterocycles. The van der Waals surface area contributed by atoms with Gasteiger partial charge < -0.3 is 10.8 Å². The molecule has 0 amide bonds. The molecule has 0 spiro atoms. The van der Waals surface area contributed by atoms with Crippen LogP contribution in [0, 0.1) is 5.82 Å². The van der Waals surface area contributed by atoms with E-state index in [-0.39, 0.29) is 16.3 Å². The number of nitrogens with two attached hydrogens (primary N) is 1. The van der Waals surface area contributed by atoms with Crippen molar-refractivity contribution in [1.82, 2.24) is 0 Å². The Hall–Kier alpha value is -0.610. The van der Waals surface area contributed by atoms with E-state index in [1.54, 1.807) is 13.0 Å². The van der Waals surface area contributed by atoms with Gasteiger partial charge in [-0.05, 0) is 28.9 Å². The average Bonchev–Trinajstić information content (AvgIpc) is 2.00. The topological polar surface area (TPSA) is 46.2 Å². The van der Waals surface area contributed by atoms with Gasteiger partial charge in [-0.1, -0.05) is 6.07 Å². The van der Waals surface area contributed by atoms with Crippen LogP contribution in [-0.2, 0) is 0 Å². The highest BCUT2D eigenvalue weighted by atomic mass is 79.9. The molecule has 0 aliphatic heterocycles. The molecule has 4 heteroatoms. The molecule has 0 aliphatic rings. The van der Waals surface area contributed by atoms with Gasteiger partial charge in [0.25, 0.3) is 0 Å². The van der Waals surface area contributed by atoms with E-state index >= 15 is 0 Å². The minimum atomic E-state index is -0.662. The van der Waals surface area contributed by atoms with Gasteiger partial charge in [-0.25, -0.2) is 4.39 Å². The molecular weight excluding hydrogens is 225 g/mol. The highest BCUT2D eigenvalue weighted by molar-refractivity contribution is 9.10. The Kier molecular flexibility index (Phi) is 2.69. The van der Waals surface area contributed by atoms with Gasteiger partial charge in [-0.2, -0.15) is 0 Å². The van der Waals surface area contributed by atoms with Crippen molar-refractivity contribution in [2.75, 3.05) is 0 Å². The van der Waals surface area contributed by atoms with Crippen LogP contribution in [0.5, 0.6) is 5.75 Å². The van der Waals surface area contributed by atoms with Gasteiger partial charge in [0.15, 0.2) is 11.6 Å². The van der Waals surface area contributed by atoms with Gasteiger partial charge in [0, 0.05) is 11.6 Å². The summed E-state index contributed by atoms with van der Waals surface area (Å²) in [5.74, 6) is -1.04. The first-order chi connectivity index (χ1) is 5.54. The van der Waals surface area contributed by atoms with Crippen LogP contribution in [0.15, 0.2) is 16.6 Å². The molecule has 1 aromatic carbocycles. The molecule has 0 bridgehead atoms. The van der Waals surface area contributed by atoms with Crippen LogP contribution in [-0.4, -0.2) is 5.11 Å². The molecule has 66 valence electrons. The van der Waals surface area contributed by atoms with Gasteiger partial charge in [0.2, 0.25) is 0 Å². The zero-order chi connectivity index (χ0) is 9.30. The van der Waals surface area contributed by atoms with Crippen LogP contribution < -0.4 is 5.73 Å². The summed E-state index contributed by atoms with van der Waals surface area (Å²) < 4.78 is 13.2. The summed E-state index contributed by atoms with van der Waals surface area (Å²) in [6, 6.07) is 2.74. The van der Waals surface area contributed by atoms with Crippen molar-refractivity contribution in [2.45, 2.75) is 13.0 Å². The minimum Gasteiger partial charge on any atom is -0.505 e. The quantitative estimate of drug-likeness (QED) is 0.783. The molecule has 1 aromatic rings. The van der Waals surface area contributed by atoms with Crippen LogP contribution in [0.3, 0.4) is 0 Å². The highest BCUT2D eigenvalue weighted by Crippen LogP contribution is 2.30. The van der Waals surface area contributed by atoms with Gasteiger partial charge in [0.05, 0.1) is 4.47 Å². The fraction of sp³-hybridized carbons (Fsp3) is 0.250. The molecule has 1 unspecified atom stereocenters. The zero-order valence-corrected chi connectivity index (χ0v) is 8.10. The number of aromatic hydroxyl groups is 1. The monoisotopic (exact) mass is 233 g/mol. The number of rotatable bonds is 1. The first kappa shape index (κ1) is 9.48. The van der Waals surface area contributed by atoms with E-state index in [4.69, 9.17) is 5.73 Å². The first-order valence-corrected chi connectivity index (χ1v) is 4.25. The third kappa shape index (κ3) is 1.59. The second-order valence-electron chi connectivity index (χ2n) is 2.59. The molecule has 0 aliphatic carbocycles. The van der Waals surface area contributed by atoms with Crippen LogP contribution in [0.25, 0.3) is 0 Å². The number of hydrogen-bond donors (Lipinski definition) is 2. The summed E-state index contributed by atoms with van der Waals surface area (Å²) in [4.78, 5) is 0. The Morgan fingerprint density at radius 3 is 2.67 bits per heavy atom. The van der Waals surface area contributed by atoms with Gasteiger partial charge in [0.1, 0.15) is 0 Å². The third-order valence-electron chi connectivity index (χ3n) is 1.59. The lowest BCUT2D eigenvalue weighted by atomic mass is 10.1. The fourth-order valence-corrected chi connectivity index (χ4v) is 1.24. The zero-order valence-electron chi connectivity index (χ0n) is 6.51. The predicted molar refractivity (Wildman–Crippen MR) is 48.4 cm³/mol. The summed E-state index contributed by atoms with van der Waals surface area (Å²) in [7, 11) is 0. The van der Waals surface area contributed by atoms with Crippen LogP contribution in [0.2, 0.25) is 0 Å². The molecule has 0 saturated carbocycles. The summed E-state index contributed by atoms with van der Waals surface area (Å²) >= 11 is 2.95. The van der Waals surface area contributed by atoms with Gasteiger partial charge >= 0.3 is 0 Å². The minimum absolute atomic E-state index is 0.240. The van der Waals surface area contributed by atoms with E-state index < -0.39 is 5.82 Å². The number of benzene rings is 1. The molecule has 3 N–H and O–H groups in total. The summed E-state index contributed by atoms with van der Waals surface area (Å²) in [5.41, 5.74) is 5.90. The van der Waals surface area contributed by atoms with E-state index in [1.807, 2.05) is 0 Å². The molecule has 0 fully saturated rings. The molecular formula is C8H9BrFNO. The van der Waals surface area contributed by atoms with Crippen molar-refractivity contribution < 1.29 is 9.50 Å². The van der Waals surface area contributed by atoms with E-state index in [1.165, 1.54) is 6.07 Å². The van der Waals surface area contributed by atoms with Crippen LogP contribution in [0.4, 0.5) is 4.39 Å². The molecule has 2 nitrogen and oxygen atoms in total. The summed E-state index contributed by atoms with van der Waals surface area (Å²) in [6.07, 6.45) is 0.